The molecule has 4 rings (SSSR count). The SMILES string of the molecule is CN(C)c1nc2c(c(N3CCn4nc(C#N)cc4C3)n1)CCCC2. The monoisotopic (exact) mass is 323 g/mol. The predicted octanol–water partition coefficient (Wildman–Crippen LogP) is 1.51. The van der Waals surface area contributed by atoms with Crippen LogP contribution >= 0.6 is 0 Å². The van der Waals surface area contributed by atoms with Crippen LogP contribution in [0.2, 0.25) is 0 Å². The lowest BCUT2D eigenvalue weighted by atomic mass is 9.96. The van der Waals surface area contributed by atoms with Gasteiger partial charge in [0.15, 0.2) is 5.69 Å². The maximum atomic E-state index is 9.06. The molecule has 0 aromatic carbocycles. The number of nitrogens with zero attached hydrogens (tertiary/aromatic N) is 7. The minimum atomic E-state index is 0.491. The zero-order chi connectivity index (χ0) is 16.7. The van der Waals surface area contributed by atoms with Gasteiger partial charge < -0.3 is 9.80 Å². The van der Waals surface area contributed by atoms with E-state index in [1.807, 2.05) is 29.7 Å². The molecule has 124 valence electrons. The van der Waals surface area contributed by atoms with Crippen molar-refractivity contribution in [1.82, 2.24) is 19.7 Å². The smallest absolute Gasteiger partial charge is 0.227 e. The molecule has 0 fully saturated rings. The van der Waals surface area contributed by atoms with Crippen LogP contribution in [0.4, 0.5) is 11.8 Å². The molecule has 0 radical (unpaired) electrons. The van der Waals surface area contributed by atoms with Crippen molar-refractivity contribution in [1.29, 1.82) is 5.26 Å². The van der Waals surface area contributed by atoms with Crippen molar-refractivity contribution in [3.8, 4) is 6.07 Å². The van der Waals surface area contributed by atoms with Gasteiger partial charge >= 0.3 is 0 Å². The van der Waals surface area contributed by atoms with Crippen molar-refractivity contribution in [3.05, 3.63) is 28.7 Å². The molecule has 0 amide bonds. The molecule has 7 nitrogen and oxygen atoms in total. The van der Waals surface area contributed by atoms with Crippen LogP contribution in [-0.2, 0) is 25.9 Å². The lowest BCUT2D eigenvalue weighted by Crippen LogP contribution is -2.36. The molecular weight excluding hydrogens is 302 g/mol. The van der Waals surface area contributed by atoms with E-state index in [1.165, 1.54) is 24.1 Å². The van der Waals surface area contributed by atoms with E-state index in [0.717, 1.165) is 49.9 Å². The van der Waals surface area contributed by atoms with Crippen molar-refractivity contribution in [3.63, 3.8) is 0 Å². The number of nitriles is 1. The molecule has 24 heavy (non-hydrogen) atoms. The summed E-state index contributed by atoms with van der Waals surface area (Å²) in [4.78, 5) is 13.9. The Morgan fingerprint density at radius 2 is 2.00 bits per heavy atom. The molecule has 0 atom stereocenters. The largest absolute Gasteiger partial charge is 0.348 e. The first-order chi connectivity index (χ1) is 11.7. The van der Waals surface area contributed by atoms with Crippen molar-refractivity contribution < 1.29 is 0 Å². The molecule has 1 aliphatic carbocycles. The summed E-state index contributed by atoms with van der Waals surface area (Å²) < 4.78 is 1.94. The lowest BCUT2D eigenvalue weighted by molar-refractivity contribution is 0.513. The Balaban J connectivity index is 1.73. The van der Waals surface area contributed by atoms with Crippen molar-refractivity contribution in [2.24, 2.45) is 0 Å². The average Bonchev–Trinajstić information content (AvgIpc) is 3.03. The lowest BCUT2D eigenvalue weighted by Gasteiger charge is -2.32. The molecule has 7 heteroatoms. The number of hydrogen-bond acceptors (Lipinski definition) is 6. The molecular formula is C17H21N7. The van der Waals surface area contributed by atoms with E-state index in [0.29, 0.717) is 5.69 Å². The first kappa shape index (κ1) is 14.9. The van der Waals surface area contributed by atoms with E-state index in [-0.39, 0.29) is 0 Å². The maximum Gasteiger partial charge on any atom is 0.227 e. The van der Waals surface area contributed by atoms with Gasteiger partial charge in [0.2, 0.25) is 5.95 Å². The molecule has 0 spiro atoms. The van der Waals surface area contributed by atoms with Crippen LogP contribution in [0.25, 0.3) is 0 Å². The highest BCUT2D eigenvalue weighted by Crippen LogP contribution is 2.31. The Kier molecular flexibility index (Phi) is 3.60. The quantitative estimate of drug-likeness (QED) is 0.834. The zero-order valence-electron chi connectivity index (χ0n) is 14.2. The third-order valence-electron chi connectivity index (χ3n) is 4.76. The Bertz CT molecular complexity index is 815. The molecule has 2 aromatic heterocycles. The zero-order valence-corrected chi connectivity index (χ0v) is 14.2. The highest BCUT2D eigenvalue weighted by Gasteiger charge is 2.26. The summed E-state index contributed by atoms with van der Waals surface area (Å²) in [5.74, 6) is 1.84. The minimum absolute atomic E-state index is 0.491. The third-order valence-corrected chi connectivity index (χ3v) is 4.76. The fraction of sp³-hybridized carbons (Fsp3) is 0.529. The first-order valence-corrected chi connectivity index (χ1v) is 8.44. The van der Waals surface area contributed by atoms with Crippen molar-refractivity contribution in [2.75, 3.05) is 30.4 Å². The number of fused-ring (bicyclic) bond motifs is 2. The molecule has 2 aromatic rings. The molecule has 3 heterocycles. The summed E-state index contributed by atoms with van der Waals surface area (Å²) in [6, 6.07) is 4.01. The van der Waals surface area contributed by atoms with Gasteiger partial charge in [-0.3, -0.25) is 4.68 Å². The average molecular weight is 323 g/mol. The first-order valence-electron chi connectivity index (χ1n) is 8.44. The maximum absolute atomic E-state index is 9.06. The topological polar surface area (TPSA) is 73.9 Å². The van der Waals surface area contributed by atoms with Gasteiger partial charge in [0.1, 0.15) is 11.9 Å². The Morgan fingerprint density at radius 3 is 2.79 bits per heavy atom. The third kappa shape index (κ3) is 2.48. The summed E-state index contributed by atoms with van der Waals surface area (Å²) in [7, 11) is 3.97. The molecule has 0 bridgehead atoms. The predicted molar refractivity (Wildman–Crippen MR) is 91.0 cm³/mol. The van der Waals surface area contributed by atoms with Gasteiger partial charge in [0.05, 0.1) is 24.5 Å². The Hall–Kier alpha value is -2.62. The van der Waals surface area contributed by atoms with Crippen LogP contribution in [0, 0.1) is 11.3 Å². The summed E-state index contributed by atoms with van der Waals surface area (Å²) in [5.41, 5.74) is 4.07. The molecule has 1 aliphatic heterocycles. The number of aryl methyl sites for hydroxylation is 1. The van der Waals surface area contributed by atoms with Gasteiger partial charge in [-0.25, -0.2) is 4.98 Å². The highest BCUT2D eigenvalue weighted by atomic mass is 15.4. The van der Waals surface area contributed by atoms with Crippen LogP contribution in [0.5, 0.6) is 0 Å². The standard InChI is InChI=1S/C17H21N7/c1-22(2)17-19-15-6-4-3-5-14(15)16(20-17)23-7-8-24-13(11-23)9-12(10-18)21-24/h9H,3-8,11H2,1-2H3. The summed E-state index contributed by atoms with van der Waals surface area (Å²) in [5, 5.41) is 13.4. The molecule has 2 aliphatic rings. The van der Waals surface area contributed by atoms with Crippen LogP contribution in [0.1, 0.15) is 35.5 Å². The summed E-state index contributed by atoms with van der Waals surface area (Å²) in [6.45, 7) is 2.38. The van der Waals surface area contributed by atoms with Crippen LogP contribution < -0.4 is 9.80 Å². The molecule has 0 unspecified atom stereocenters. The molecule has 0 saturated heterocycles. The van der Waals surface area contributed by atoms with Crippen LogP contribution in [0.15, 0.2) is 6.07 Å². The fourth-order valence-corrected chi connectivity index (χ4v) is 3.52. The van der Waals surface area contributed by atoms with Gasteiger partial charge in [0, 0.05) is 26.2 Å². The van der Waals surface area contributed by atoms with E-state index in [2.05, 4.69) is 16.1 Å². The Labute approximate surface area is 141 Å². The van der Waals surface area contributed by atoms with E-state index in [9.17, 15) is 0 Å². The van der Waals surface area contributed by atoms with Gasteiger partial charge in [0.25, 0.3) is 0 Å². The fourth-order valence-electron chi connectivity index (χ4n) is 3.52. The van der Waals surface area contributed by atoms with Gasteiger partial charge in [-0.05, 0) is 31.7 Å². The van der Waals surface area contributed by atoms with Crippen LogP contribution in [-0.4, -0.2) is 40.4 Å². The number of hydrogen-bond donors (Lipinski definition) is 0. The highest BCUT2D eigenvalue weighted by molar-refractivity contribution is 5.54. The van der Waals surface area contributed by atoms with Crippen LogP contribution in [0.3, 0.4) is 0 Å². The molecule has 0 N–H and O–H groups in total. The van der Waals surface area contributed by atoms with E-state index < -0.39 is 0 Å². The van der Waals surface area contributed by atoms with Gasteiger partial charge in [-0.2, -0.15) is 15.3 Å². The van der Waals surface area contributed by atoms with Crippen molar-refractivity contribution >= 4 is 11.8 Å². The summed E-state index contributed by atoms with van der Waals surface area (Å²) in [6.07, 6.45) is 4.50. The number of anilines is 2. The molecule has 0 saturated carbocycles. The van der Waals surface area contributed by atoms with Gasteiger partial charge in [-0.15, -0.1) is 0 Å². The normalized spacial score (nSPS) is 16.3. The Morgan fingerprint density at radius 1 is 1.17 bits per heavy atom. The number of aromatic nitrogens is 4. The number of rotatable bonds is 2. The minimum Gasteiger partial charge on any atom is -0.348 e. The van der Waals surface area contributed by atoms with E-state index in [4.69, 9.17) is 15.2 Å². The van der Waals surface area contributed by atoms with Gasteiger partial charge in [-0.1, -0.05) is 0 Å². The second kappa shape index (κ2) is 5.78. The van der Waals surface area contributed by atoms with Crippen molar-refractivity contribution in [2.45, 2.75) is 38.8 Å². The van der Waals surface area contributed by atoms with E-state index >= 15 is 0 Å². The second-order valence-corrected chi connectivity index (χ2v) is 6.65. The second-order valence-electron chi connectivity index (χ2n) is 6.65. The summed E-state index contributed by atoms with van der Waals surface area (Å²) >= 11 is 0. The van der Waals surface area contributed by atoms with E-state index in [1.54, 1.807) is 0 Å².